The summed E-state index contributed by atoms with van der Waals surface area (Å²) in [4.78, 5) is 2.60. The fourth-order valence-electron chi connectivity index (χ4n) is 10.3. The largest absolute Gasteiger partial charge is 0.308 e. The van der Waals surface area contributed by atoms with Gasteiger partial charge in [0.25, 0.3) is 0 Å². The minimum Gasteiger partial charge on any atom is -0.308 e. The van der Waals surface area contributed by atoms with E-state index in [2.05, 4.69) is 258 Å². The zero-order chi connectivity index (χ0) is 41.7. The summed E-state index contributed by atoms with van der Waals surface area (Å²) in [6.45, 7) is -0.207. The Hall–Kier alpha value is -8.14. The Morgan fingerprint density at radius 1 is 0.286 bits per heavy atom. The fourth-order valence-corrected chi connectivity index (χ4v) is 10.3. The van der Waals surface area contributed by atoms with Crippen molar-refractivity contribution in [1.82, 2.24) is 4.57 Å². The summed E-state index contributed by atoms with van der Waals surface area (Å²) in [7, 11) is 0. The van der Waals surface area contributed by atoms with Crippen LogP contribution in [0.2, 0.25) is 0 Å². The number of anilines is 3. The molecular weight excluding hydrogens is 759 g/mol. The predicted molar refractivity (Wildman–Crippen MR) is 268 cm³/mol. The van der Waals surface area contributed by atoms with Gasteiger partial charge in [-0.1, -0.05) is 230 Å². The summed E-state index contributed by atoms with van der Waals surface area (Å²) in [6.07, 6.45) is 0. The van der Waals surface area contributed by atoms with Gasteiger partial charge in [-0.2, -0.15) is 0 Å². The normalized spacial score (nSPS) is 12.1. The number of fused-ring (bicyclic) bond motifs is 6. The molecule has 0 amide bonds. The highest BCUT2D eigenvalue weighted by Gasteiger charge is 2.37. The van der Waals surface area contributed by atoms with Gasteiger partial charge in [0.1, 0.15) is 0 Å². The first-order chi connectivity index (χ1) is 31.3. The van der Waals surface area contributed by atoms with Gasteiger partial charge < -0.3 is 9.47 Å². The number of hydrogen-bond acceptors (Lipinski definition) is 1. The molecule has 294 valence electrons. The smallest absolute Gasteiger partial charge is 0.248 e. The molecule has 1 aliphatic heterocycles. The maximum Gasteiger partial charge on any atom is 0.248 e. The molecule has 12 rings (SSSR count). The van der Waals surface area contributed by atoms with Crippen LogP contribution in [-0.2, 0) is 0 Å². The maximum atomic E-state index is 2.60. The first-order valence-corrected chi connectivity index (χ1v) is 21.8. The minimum atomic E-state index is -0.207. The Balaban J connectivity index is 1.30. The Morgan fingerprint density at radius 3 is 1.25 bits per heavy atom. The van der Waals surface area contributed by atoms with Crippen molar-refractivity contribution in [2.24, 2.45) is 0 Å². The van der Waals surface area contributed by atoms with Crippen LogP contribution >= 0.6 is 0 Å². The summed E-state index contributed by atoms with van der Waals surface area (Å²) < 4.78 is 2.56. The number of aromatic nitrogens is 1. The van der Waals surface area contributed by atoms with E-state index in [0.29, 0.717) is 0 Å². The van der Waals surface area contributed by atoms with Gasteiger partial charge in [0, 0.05) is 33.3 Å². The molecule has 10 aromatic carbocycles. The molecule has 0 saturated heterocycles. The van der Waals surface area contributed by atoms with Crippen molar-refractivity contribution in [1.29, 1.82) is 0 Å². The van der Waals surface area contributed by atoms with Gasteiger partial charge in [-0.3, -0.25) is 0 Å². The lowest BCUT2D eigenvalue weighted by Gasteiger charge is -2.33. The van der Waals surface area contributed by atoms with Crippen molar-refractivity contribution in [3.63, 3.8) is 0 Å². The molecule has 0 fully saturated rings. The van der Waals surface area contributed by atoms with Crippen LogP contribution in [0.5, 0.6) is 0 Å². The highest BCUT2D eigenvalue weighted by Crippen LogP contribution is 2.50. The molecule has 0 aliphatic carbocycles. The van der Waals surface area contributed by atoms with E-state index in [0.717, 1.165) is 39.3 Å². The van der Waals surface area contributed by atoms with Gasteiger partial charge >= 0.3 is 0 Å². The zero-order valence-corrected chi connectivity index (χ0v) is 34.6. The predicted octanol–water partition coefficient (Wildman–Crippen LogP) is 13.8. The number of rotatable bonds is 6. The lowest BCUT2D eigenvalue weighted by atomic mass is 9.34. The van der Waals surface area contributed by atoms with Gasteiger partial charge in [-0.25, -0.2) is 0 Å². The molecular formula is C60H41BN2. The average Bonchev–Trinajstić information content (AvgIpc) is 3.72. The van der Waals surface area contributed by atoms with E-state index < -0.39 is 0 Å². The van der Waals surface area contributed by atoms with Crippen LogP contribution in [0, 0.1) is 0 Å². The SMILES string of the molecule is c1ccc(-c2cccc(-c3ccccc3)c2B2c3ccccc3N(c3c(-c4ccccc4)cccc3-c3ccccc3)c3cccc4c5ccccc5n(c34)-c3ccccc32)cc1. The molecule has 0 atom stereocenters. The van der Waals surface area contributed by atoms with E-state index in [1.54, 1.807) is 0 Å². The molecule has 11 aromatic rings. The van der Waals surface area contributed by atoms with Crippen molar-refractivity contribution in [2.45, 2.75) is 0 Å². The summed E-state index contributed by atoms with van der Waals surface area (Å²) in [6, 6.07) is 91.5. The van der Waals surface area contributed by atoms with E-state index in [4.69, 9.17) is 0 Å². The Labute approximate surface area is 368 Å². The van der Waals surface area contributed by atoms with Crippen molar-refractivity contribution in [3.05, 3.63) is 249 Å². The first kappa shape index (κ1) is 36.7. The molecule has 1 aliphatic rings. The molecule has 0 bridgehead atoms. The van der Waals surface area contributed by atoms with Crippen molar-refractivity contribution in [3.8, 4) is 50.2 Å². The van der Waals surface area contributed by atoms with E-state index in [9.17, 15) is 0 Å². The molecule has 0 N–H and O–H groups in total. The summed E-state index contributed by atoms with van der Waals surface area (Å²) in [5, 5.41) is 2.44. The first-order valence-electron chi connectivity index (χ1n) is 21.8. The van der Waals surface area contributed by atoms with E-state index in [1.807, 2.05) is 0 Å². The summed E-state index contributed by atoms with van der Waals surface area (Å²) >= 11 is 0. The minimum absolute atomic E-state index is 0.207. The van der Waals surface area contributed by atoms with Crippen LogP contribution in [0.15, 0.2) is 249 Å². The van der Waals surface area contributed by atoms with Crippen LogP contribution in [-0.4, -0.2) is 11.3 Å². The van der Waals surface area contributed by atoms with E-state index >= 15 is 0 Å². The molecule has 0 unspecified atom stereocenters. The molecule has 0 saturated carbocycles. The standard InChI is InChI=1S/C60H41BN2/c1-5-22-42(23-6-1)46-31-19-32-47(43-24-7-2-8-25-43)58(46)61-52-36-14-17-39-55(52)62-54-38-16-13-30-50(54)51-35-21-41-57(60(51)62)63(56-40-18-15-37-53(56)61)59-48(44-26-9-3-10-27-44)33-20-34-49(59)45-28-11-4-12-29-45/h1-41H. The summed E-state index contributed by atoms with van der Waals surface area (Å²) in [5.41, 5.74) is 20.1. The number of benzene rings is 10. The lowest BCUT2D eigenvalue weighted by Crippen LogP contribution is -2.55. The van der Waals surface area contributed by atoms with Crippen LogP contribution in [0.1, 0.15) is 0 Å². The molecule has 2 nitrogen and oxygen atoms in total. The molecule has 1 aromatic heterocycles. The van der Waals surface area contributed by atoms with Gasteiger partial charge in [0.05, 0.1) is 22.4 Å². The third-order valence-electron chi connectivity index (χ3n) is 12.9. The second-order valence-corrected chi connectivity index (χ2v) is 16.3. The third-order valence-corrected chi connectivity index (χ3v) is 12.9. The van der Waals surface area contributed by atoms with E-state index in [1.165, 1.54) is 66.1 Å². The van der Waals surface area contributed by atoms with Gasteiger partial charge in [-0.15, -0.1) is 0 Å². The monoisotopic (exact) mass is 800 g/mol. The average molecular weight is 801 g/mol. The number of hydrogen-bond donors (Lipinski definition) is 0. The molecule has 2 heterocycles. The Kier molecular flexibility index (Phi) is 8.97. The fraction of sp³-hybridized carbons (Fsp3) is 0. The molecule has 3 heteroatoms. The van der Waals surface area contributed by atoms with Crippen LogP contribution in [0.3, 0.4) is 0 Å². The second-order valence-electron chi connectivity index (χ2n) is 16.3. The molecule has 0 radical (unpaired) electrons. The molecule has 63 heavy (non-hydrogen) atoms. The lowest BCUT2D eigenvalue weighted by molar-refractivity contribution is 1.18. The topological polar surface area (TPSA) is 8.17 Å². The quantitative estimate of drug-likeness (QED) is 0.152. The third kappa shape index (κ3) is 6.04. The highest BCUT2D eigenvalue weighted by molar-refractivity contribution is 6.98. The Morgan fingerprint density at radius 2 is 0.683 bits per heavy atom. The van der Waals surface area contributed by atoms with Crippen LogP contribution < -0.4 is 21.3 Å². The van der Waals surface area contributed by atoms with Crippen molar-refractivity contribution < 1.29 is 0 Å². The van der Waals surface area contributed by atoms with Gasteiger partial charge in [0.2, 0.25) is 6.71 Å². The van der Waals surface area contributed by atoms with Crippen molar-refractivity contribution in [2.75, 3.05) is 4.90 Å². The second kappa shape index (κ2) is 15.4. The van der Waals surface area contributed by atoms with Crippen molar-refractivity contribution >= 4 is 62.0 Å². The maximum absolute atomic E-state index is 2.60. The van der Waals surface area contributed by atoms with Gasteiger partial charge in [0.15, 0.2) is 0 Å². The number of nitrogens with zero attached hydrogens (tertiary/aromatic N) is 2. The summed E-state index contributed by atoms with van der Waals surface area (Å²) in [5.74, 6) is 0. The van der Waals surface area contributed by atoms with E-state index in [-0.39, 0.29) is 6.71 Å². The van der Waals surface area contributed by atoms with Crippen LogP contribution in [0.25, 0.3) is 72.0 Å². The van der Waals surface area contributed by atoms with Gasteiger partial charge in [-0.05, 0) is 68.6 Å². The highest BCUT2D eigenvalue weighted by atomic mass is 15.2. The van der Waals surface area contributed by atoms with Crippen LogP contribution in [0.4, 0.5) is 17.1 Å². The zero-order valence-electron chi connectivity index (χ0n) is 34.6. The number of para-hydroxylation sites is 5. The Bertz CT molecular complexity index is 3330. The molecule has 0 spiro atoms.